The zero-order valence-electron chi connectivity index (χ0n) is 7.88. The summed E-state index contributed by atoms with van der Waals surface area (Å²) in [6.07, 6.45) is 0. The van der Waals surface area contributed by atoms with Crippen LogP contribution in [0.1, 0.15) is 0 Å². The van der Waals surface area contributed by atoms with Crippen molar-refractivity contribution in [2.45, 2.75) is 0 Å². The molecule has 0 radical (unpaired) electrons. The first kappa shape index (κ1) is 9.32. The highest BCUT2D eigenvalue weighted by Crippen LogP contribution is 2.34. The fraction of sp³-hybridized carbons (Fsp3) is 0.111. The van der Waals surface area contributed by atoms with Gasteiger partial charge in [-0.3, -0.25) is 9.80 Å². The molecule has 0 aromatic heterocycles. The Hall–Kier alpha value is -2.24. The molecule has 1 aliphatic heterocycles. The second-order valence-electron chi connectivity index (χ2n) is 3.16. The maximum absolute atomic E-state index is 11.1. The Bertz CT molecular complexity index is 393. The summed E-state index contributed by atoms with van der Waals surface area (Å²) in [6.45, 7) is 0.0734. The highest BCUT2D eigenvalue weighted by Gasteiger charge is 2.31. The van der Waals surface area contributed by atoms with Crippen LogP contribution in [-0.2, 0) is 0 Å². The predicted molar refractivity (Wildman–Crippen MR) is 55.4 cm³/mol. The number of amides is 4. The van der Waals surface area contributed by atoms with Crippen LogP contribution in [0.2, 0.25) is 0 Å². The van der Waals surface area contributed by atoms with Gasteiger partial charge in [0.15, 0.2) is 0 Å². The minimum atomic E-state index is -0.605. The molecule has 6 heteroatoms. The van der Waals surface area contributed by atoms with Gasteiger partial charge in [0, 0.05) is 0 Å². The number of carbonyl (C=O) groups excluding carboxylic acids is 2. The summed E-state index contributed by atoms with van der Waals surface area (Å²) in [7, 11) is 0. The van der Waals surface area contributed by atoms with E-state index in [2.05, 4.69) is 0 Å². The number of fused-ring (bicyclic) bond motifs is 1. The van der Waals surface area contributed by atoms with Crippen molar-refractivity contribution in [3.05, 3.63) is 24.3 Å². The predicted octanol–water partition coefficient (Wildman–Crippen LogP) is 0.428. The number of primary amides is 2. The second kappa shape index (κ2) is 3.16. The fourth-order valence-corrected chi connectivity index (χ4v) is 1.59. The first-order valence-corrected chi connectivity index (χ1v) is 4.34. The quantitative estimate of drug-likeness (QED) is 0.644. The summed E-state index contributed by atoms with van der Waals surface area (Å²) in [6, 6.07) is 5.74. The lowest BCUT2D eigenvalue weighted by Gasteiger charge is -2.14. The Morgan fingerprint density at radius 1 is 1.00 bits per heavy atom. The maximum atomic E-state index is 11.1. The van der Waals surface area contributed by atoms with E-state index in [1.165, 1.54) is 9.80 Å². The zero-order valence-corrected chi connectivity index (χ0v) is 7.88. The van der Waals surface area contributed by atoms with Crippen LogP contribution in [0.5, 0.6) is 0 Å². The monoisotopic (exact) mass is 206 g/mol. The van der Waals surface area contributed by atoms with E-state index in [9.17, 15) is 9.59 Å². The van der Waals surface area contributed by atoms with E-state index in [0.717, 1.165) is 0 Å². The van der Waals surface area contributed by atoms with Gasteiger partial charge in [0.25, 0.3) is 0 Å². The molecule has 1 aromatic rings. The number of urea groups is 2. The van der Waals surface area contributed by atoms with E-state index in [1.54, 1.807) is 24.3 Å². The van der Waals surface area contributed by atoms with Crippen LogP contribution in [-0.4, -0.2) is 18.7 Å². The third kappa shape index (κ3) is 1.35. The molecule has 4 amide bonds. The van der Waals surface area contributed by atoms with Crippen molar-refractivity contribution in [1.82, 2.24) is 0 Å². The number of rotatable bonds is 0. The number of hydrogen-bond donors (Lipinski definition) is 2. The van der Waals surface area contributed by atoms with Crippen molar-refractivity contribution in [3.63, 3.8) is 0 Å². The normalized spacial score (nSPS) is 13.9. The van der Waals surface area contributed by atoms with Crippen molar-refractivity contribution in [2.75, 3.05) is 16.5 Å². The summed E-state index contributed by atoms with van der Waals surface area (Å²) < 4.78 is 0. The van der Waals surface area contributed by atoms with Crippen LogP contribution in [0, 0.1) is 0 Å². The minimum absolute atomic E-state index is 0.0734. The zero-order chi connectivity index (χ0) is 11.0. The third-order valence-electron chi connectivity index (χ3n) is 2.28. The molecule has 2 rings (SSSR count). The fourth-order valence-electron chi connectivity index (χ4n) is 1.59. The lowest BCUT2D eigenvalue weighted by molar-refractivity contribution is 0.252. The summed E-state index contributed by atoms with van der Waals surface area (Å²) >= 11 is 0. The molecule has 0 aliphatic carbocycles. The number of para-hydroxylation sites is 2. The number of carbonyl (C=O) groups is 2. The van der Waals surface area contributed by atoms with Crippen molar-refractivity contribution in [1.29, 1.82) is 0 Å². The van der Waals surface area contributed by atoms with Gasteiger partial charge >= 0.3 is 12.1 Å². The first-order chi connectivity index (χ1) is 7.11. The molecule has 1 heterocycles. The maximum Gasteiger partial charge on any atom is 0.320 e. The summed E-state index contributed by atoms with van der Waals surface area (Å²) in [5.41, 5.74) is 11.6. The van der Waals surface area contributed by atoms with E-state index in [4.69, 9.17) is 11.5 Å². The van der Waals surface area contributed by atoms with Gasteiger partial charge < -0.3 is 11.5 Å². The van der Waals surface area contributed by atoms with Crippen LogP contribution in [0.3, 0.4) is 0 Å². The van der Waals surface area contributed by atoms with Gasteiger partial charge in [0.2, 0.25) is 0 Å². The molecule has 0 bridgehead atoms. The van der Waals surface area contributed by atoms with Crippen molar-refractivity contribution in [2.24, 2.45) is 11.5 Å². The number of nitrogens with two attached hydrogens (primary N) is 2. The van der Waals surface area contributed by atoms with Gasteiger partial charge in [-0.05, 0) is 12.1 Å². The molecule has 1 aromatic carbocycles. The second-order valence-corrected chi connectivity index (χ2v) is 3.16. The van der Waals surface area contributed by atoms with Gasteiger partial charge in [0.1, 0.15) is 6.67 Å². The lowest BCUT2D eigenvalue weighted by Crippen LogP contribution is -2.43. The molecular formula is C9H10N4O2. The Labute approximate surface area is 86.0 Å². The molecule has 15 heavy (non-hydrogen) atoms. The van der Waals surface area contributed by atoms with Crippen LogP contribution >= 0.6 is 0 Å². The van der Waals surface area contributed by atoms with Crippen LogP contribution in [0.4, 0.5) is 21.0 Å². The molecule has 0 atom stereocenters. The molecule has 0 spiro atoms. The van der Waals surface area contributed by atoms with Gasteiger partial charge in [0.05, 0.1) is 11.4 Å². The molecular weight excluding hydrogens is 196 g/mol. The van der Waals surface area contributed by atoms with E-state index < -0.39 is 12.1 Å². The van der Waals surface area contributed by atoms with Crippen molar-refractivity contribution >= 4 is 23.4 Å². The van der Waals surface area contributed by atoms with Crippen LogP contribution in [0.25, 0.3) is 0 Å². The first-order valence-electron chi connectivity index (χ1n) is 4.34. The topological polar surface area (TPSA) is 92.7 Å². The molecule has 0 unspecified atom stereocenters. The van der Waals surface area contributed by atoms with E-state index in [-0.39, 0.29) is 6.67 Å². The van der Waals surface area contributed by atoms with E-state index >= 15 is 0 Å². The molecule has 0 saturated carbocycles. The van der Waals surface area contributed by atoms with E-state index in [1.807, 2.05) is 0 Å². The summed E-state index contributed by atoms with van der Waals surface area (Å²) in [5.74, 6) is 0. The van der Waals surface area contributed by atoms with Gasteiger partial charge in [-0.25, -0.2) is 9.59 Å². The van der Waals surface area contributed by atoms with Gasteiger partial charge in [-0.2, -0.15) is 0 Å². The molecule has 4 N–H and O–H groups in total. The number of nitrogens with zero attached hydrogens (tertiary/aromatic N) is 2. The molecule has 1 aliphatic rings. The smallest absolute Gasteiger partial charge is 0.320 e. The largest absolute Gasteiger partial charge is 0.351 e. The SMILES string of the molecule is NC(=O)N1CN(C(N)=O)c2ccccc21. The molecule has 78 valence electrons. The number of anilines is 2. The number of benzene rings is 1. The average Bonchev–Trinajstić information content (AvgIpc) is 2.56. The van der Waals surface area contributed by atoms with Crippen molar-refractivity contribution in [3.8, 4) is 0 Å². The highest BCUT2D eigenvalue weighted by molar-refractivity contribution is 6.05. The minimum Gasteiger partial charge on any atom is -0.351 e. The van der Waals surface area contributed by atoms with E-state index in [0.29, 0.717) is 11.4 Å². The van der Waals surface area contributed by atoms with Crippen molar-refractivity contribution < 1.29 is 9.59 Å². The third-order valence-corrected chi connectivity index (χ3v) is 2.28. The Balaban J connectivity index is 2.48. The number of hydrogen-bond acceptors (Lipinski definition) is 2. The highest BCUT2D eigenvalue weighted by atomic mass is 16.2. The van der Waals surface area contributed by atoms with Crippen LogP contribution in [0.15, 0.2) is 24.3 Å². The summed E-state index contributed by atoms with van der Waals surface area (Å²) in [5, 5.41) is 0. The average molecular weight is 206 g/mol. The van der Waals surface area contributed by atoms with Crippen LogP contribution < -0.4 is 21.3 Å². The Morgan fingerprint density at radius 3 is 1.73 bits per heavy atom. The van der Waals surface area contributed by atoms with Gasteiger partial charge in [-0.15, -0.1) is 0 Å². The Kier molecular flexibility index (Phi) is 1.96. The molecule has 6 nitrogen and oxygen atoms in total. The standard InChI is InChI=1S/C9H10N4O2/c10-8(14)12-5-13(9(11)15)7-4-2-1-3-6(7)12/h1-4H,5H2,(H2,10,14)(H2,11,15). The Morgan fingerprint density at radius 2 is 1.40 bits per heavy atom. The lowest BCUT2D eigenvalue weighted by atomic mass is 10.2. The molecule has 0 fully saturated rings. The molecule has 0 saturated heterocycles. The van der Waals surface area contributed by atoms with Gasteiger partial charge in [-0.1, -0.05) is 12.1 Å². The summed E-state index contributed by atoms with van der Waals surface area (Å²) in [4.78, 5) is 24.8.